The molecule has 0 atom stereocenters. The van der Waals surface area contributed by atoms with E-state index in [1.54, 1.807) is 0 Å². The van der Waals surface area contributed by atoms with Gasteiger partial charge in [-0.15, -0.1) is 0 Å². The smallest absolute Gasteiger partial charge is 0.182 e. The van der Waals surface area contributed by atoms with Crippen LogP contribution in [0, 0.1) is 13.8 Å². The fraction of sp³-hybridized carbons (Fsp3) is 0.455. The molecule has 3 aromatic rings. The molecular formula is C22H24N4O. The summed E-state index contributed by atoms with van der Waals surface area (Å²) < 4.78 is 5.53. The van der Waals surface area contributed by atoms with Crippen molar-refractivity contribution in [2.75, 3.05) is 13.2 Å². The lowest BCUT2D eigenvalue weighted by molar-refractivity contribution is 0.0836. The van der Waals surface area contributed by atoms with Crippen LogP contribution in [0.2, 0.25) is 0 Å². The summed E-state index contributed by atoms with van der Waals surface area (Å²) in [5.74, 6) is 1.22. The lowest BCUT2D eigenvalue weighted by Gasteiger charge is -2.21. The van der Waals surface area contributed by atoms with Gasteiger partial charge in [0.2, 0.25) is 0 Å². The van der Waals surface area contributed by atoms with Gasteiger partial charge in [0.25, 0.3) is 0 Å². The zero-order valence-electron chi connectivity index (χ0n) is 16.0. The number of fused-ring (bicyclic) bond motifs is 2. The van der Waals surface area contributed by atoms with Crippen LogP contribution in [0.4, 0.5) is 0 Å². The van der Waals surface area contributed by atoms with E-state index < -0.39 is 0 Å². The van der Waals surface area contributed by atoms with Crippen molar-refractivity contribution in [3.63, 3.8) is 0 Å². The van der Waals surface area contributed by atoms with E-state index in [9.17, 15) is 0 Å². The van der Waals surface area contributed by atoms with E-state index in [1.165, 1.54) is 24.0 Å². The Balaban J connectivity index is 1.71. The zero-order valence-corrected chi connectivity index (χ0v) is 16.0. The van der Waals surface area contributed by atoms with E-state index in [4.69, 9.17) is 24.7 Å². The van der Waals surface area contributed by atoms with E-state index in [-0.39, 0.29) is 0 Å². The van der Waals surface area contributed by atoms with Crippen molar-refractivity contribution in [2.24, 2.45) is 0 Å². The second-order valence-corrected chi connectivity index (χ2v) is 7.72. The molecule has 1 aliphatic carbocycles. The molecule has 2 aliphatic rings. The molecule has 0 amide bonds. The summed E-state index contributed by atoms with van der Waals surface area (Å²) in [4.78, 5) is 19.4. The molecule has 1 fully saturated rings. The van der Waals surface area contributed by atoms with Gasteiger partial charge in [-0.25, -0.2) is 19.9 Å². The van der Waals surface area contributed by atoms with E-state index in [2.05, 4.69) is 18.2 Å². The Labute approximate surface area is 159 Å². The third-order valence-corrected chi connectivity index (χ3v) is 5.92. The summed E-state index contributed by atoms with van der Waals surface area (Å²) in [5.41, 5.74) is 8.37. The summed E-state index contributed by atoms with van der Waals surface area (Å²) in [6.07, 6.45) is 5.52. The average Bonchev–Trinajstić information content (AvgIpc) is 3.17. The highest BCUT2D eigenvalue weighted by molar-refractivity contribution is 5.87. The van der Waals surface area contributed by atoms with Crippen LogP contribution in [0.3, 0.4) is 0 Å². The molecule has 0 N–H and O–H groups in total. The Hall–Kier alpha value is -2.40. The van der Waals surface area contributed by atoms with E-state index in [0.717, 1.165) is 66.5 Å². The summed E-state index contributed by atoms with van der Waals surface area (Å²) in [6.45, 7) is 5.55. The van der Waals surface area contributed by atoms with Crippen LogP contribution in [0.5, 0.6) is 0 Å². The van der Waals surface area contributed by atoms with Crippen LogP contribution >= 0.6 is 0 Å². The van der Waals surface area contributed by atoms with Gasteiger partial charge in [0.15, 0.2) is 5.65 Å². The van der Waals surface area contributed by atoms with Crippen LogP contribution in [-0.2, 0) is 17.6 Å². The number of rotatable bonds is 2. The summed E-state index contributed by atoms with van der Waals surface area (Å²) in [6, 6.07) is 6.75. The molecule has 1 saturated heterocycles. The number of ether oxygens (including phenoxy) is 1. The van der Waals surface area contributed by atoms with Crippen LogP contribution in [0.25, 0.3) is 22.4 Å². The Bertz CT molecular complexity index is 1020. The third-order valence-electron chi connectivity index (χ3n) is 5.92. The fourth-order valence-electron chi connectivity index (χ4n) is 4.19. The highest BCUT2D eigenvalue weighted by atomic mass is 16.5. The van der Waals surface area contributed by atoms with Crippen molar-refractivity contribution in [3.8, 4) is 11.3 Å². The molecule has 0 saturated carbocycles. The molecule has 0 radical (unpaired) electrons. The first-order chi connectivity index (χ1) is 13.2. The highest BCUT2D eigenvalue weighted by Crippen LogP contribution is 2.32. The molecule has 5 rings (SSSR count). The fourth-order valence-corrected chi connectivity index (χ4v) is 4.19. The molecule has 2 aromatic heterocycles. The number of hydrogen-bond donors (Lipinski definition) is 0. The van der Waals surface area contributed by atoms with E-state index in [1.807, 2.05) is 13.8 Å². The van der Waals surface area contributed by atoms with Crippen LogP contribution < -0.4 is 0 Å². The molecular weight excluding hydrogens is 336 g/mol. The second-order valence-electron chi connectivity index (χ2n) is 7.72. The average molecular weight is 360 g/mol. The van der Waals surface area contributed by atoms with Crippen molar-refractivity contribution < 1.29 is 4.74 Å². The minimum atomic E-state index is 0.333. The highest BCUT2D eigenvalue weighted by Gasteiger charge is 2.23. The molecule has 5 heteroatoms. The van der Waals surface area contributed by atoms with Crippen LogP contribution in [0.1, 0.15) is 53.5 Å². The Morgan fingerprint density at radius 1 is 0.889 bits per heavy atom. The van der Waals surface area contributed by atoms with Gasteiger partial charge >= 0.3 is 0 Å². The zero-order chi connectivity index (χ0) is 18.4. The number of benzene rings is 1. The van der Waals surface area contributed by atoms with Crippen molar-refractivity contribution in [1.82, 2.24) is 19.9 Å². The summed E-state index contributed by atoms with van der Waals surface area (Å²) >= 11 is 0. The Kier molecular flexibility index (Phi) is 4.12. The maximum Gasteiger partial charge on any atom is 0.182 e. The Morgan fingerprint density at radius 2 is 1.67 bits per heavy atom. The van der Waals surface area contributed by atoms with Gasteiger partial charge in [-0.3, -0.25) is 0 Å². The van der Waals surface area contributed by atoms with E-state index in [0.29, 0.717) is 11.6 Å². The molecule has 0 unspecified atom stereocenters. The van der Waals surface area contributed by atoms with Gasteiger partial charge < -0.3 is 4.74 Å². The SMILES string of the molecule is Cc1nc2nc(C3CCOCC3)nc(-c3ccc4c(c3)CCC4)c2nc1C. The van der Waals surface area contributed by atoms with Gasteiger partial charge in [0.1, 0.15) is 17.0 Å². The number of aryl methyl sites for hydroxylation is 4. The van der Waals surface area contributed by atoms with Gasteiger partial charge in [-0.05, 0) is 63.1 Å². The second kappa shape index (κ2) is 6.64. The number of nitrogens with zero attached hydrogens (tertiary/aromatic N) is 4. The molecule has 3 heterocycles. The maximum absolute atomic E-state index is 5.53. The lowest BCUT2D eigenvalue weighted by Crippen LogP contribution is -2.17. The largest absolute Gasteiger partial charge is 0.381 e. The topological polar surface area (TPSA) is 60.8 Å². The van der Waals surface area contributed by atoms with Crippen molar-refractivity contribution in [1.29, 1.82) is 0 Å². The maximum atomic E-state index is 5.53. The van der Waals surface area contributed by atoms with Gasteiger partial charge in [0.05, 0.1) is 11.4 Å². The first kappa shape index (κ1) is 16.8. The standard InChI is InChI=1S/C22H24N4O/c1-13-14(2)24-22-20(23-13)19(18-7-6-15-4-3-5-17(15)12-18)25-21(26-22)16-8-10-27-11-9-16/h6-7,12,16H,3-5,8-11H2,1-2H3. The van der Waals surface area contributed by atoms with Gasteiger partial charge in [-0.1, -0.05) is 12.1 Å². The quantitative estimate of drug-likeness (QED) is 0.689. The molecule has 5 nitrogen and oxygen atoms in total. The predicted octanol–water partition coefficient (Wildman–Crippen LogP) is 4.09. The number of aromatic nitrogens is 4. The minimum absolute atomic E-state index is 0.333. The summed E-state index contributed by atoms with van der Waals surface area (Å²) in [7, 11) is 0. The van der Waals surface area contributed by atoms with Crippen LogP contribution in [0.15, 0.2) is 18.2 Å². The lowest BCUT2D eigenvalue weighted by atomic mass is 9.98. The monoisotopic (exact) mass is 360 g/mol. The normalized spacial score (nSPS) is 17.4. The molecule has 138 valence electrons. The minimum Gasteiger partial charge on any atom is -0.381 e. The van der Waals surface area contributed by atoms with Gasteiger partial charge in [-0.2, -0.15) is 0 Å². The summed E-state index contributed by atoms with van der Waals surface area (Å²) in [5, 5.41) is 0. The third kappa shape index (κ3) is 3.00. The number of hydrogen-bond acceptors (Lipinski definition) is 5. The van der Waals surface area contributed by atoms with Crippen molar-refractivity contribution >= 4 is 11.2 Å². The Morgan fingerprint density at radius 3 is 2.52 bits per heavy atom. The molecule has 27 heavy (non-hydrogen) atoms. The van der Waals surface area contributed by atoms with Crippen molar-refractivity contribution in [2.45, 2.75) is 51.9 Å². The van der Waals surface area contributed by atoms with Crippen molar-refractivity contribution in [3.05, 3.63) is 46.5 Å². The molecule has 1 aromatic carbocycles. The van der Waals surface area contributed by atoms with Gasteiger partial charge in [0, 0.05) is 24.7 Å². The van der Waals surface area contributed by atoms with Crippen LogP contribution in [-0.4, -0.2) is 33.1 Å². The predicted molar refractivity (Wildman–Crippen MR) is 105 cm³/mol. The van der Waals surface area contributed by atoms with E-state index >= 15 is 0 Å². The first-order valence-corrected chi connectivity index (χ1v) is 9.92. The first-order valence-electron chi connectivity index (χ1n) is 9.92. The molecule has 0 bridgehead atoms. The molecule has 0 spiro atoms. The molecule has 1 aliphatic heterocycles.